The minimum Gasteiger partial charge on any atom is -0.490 e. The third-order valence-electron chi connectivity index (χ3n) is 6.14. The number of rotatable bonds is 4. The summed E-state index contributed by atoms with van der Waals surface area (Å²) in [5.41, 5.74) is 0.658. The monoisotopic (exact) mass is 488 g/mol. The van der Waals surface area contributed by atoms with Crippen LogP contribution in [0.15, 0.2) is 36.4 Å². The summed E-state index contributed by atoms with van der Waals surface area (Å²) in [6.45, 7) is 0.197. The van der Waals surface area contributed by atoms with E-state index >= 15 is 0 Å². The molecule has 0 aliphatic carbocycles. The second-order valence-electron chi connectivity index (χ2n) is 8.46. The maximum Gasteiger partial charge on any atom is 0.323 e. The summed E-state index contributed by atoms with van der Waals surface area (Å²) in [7, 11) is 3.26. The number of nitrogens with zero attached hydrogens (tertiary/aromatic N) is 1. The first kappa shape index (κ1) is 24.4. The second-order valence-corrected chi connectivity index (χ2v) is 8.46. The molecule has 0 bridgehead atoms. The number of amides is 4. The standard InChI is InChI=1S/C24H26F2N4O5/c1-27-22(31)11-15-5-7-19-21(35-15)12-34-20-8-4-13(9-16(20)23(32)30(19)2)28-24(33)29-14-3-6-17(25)18(26)10-14/h3-4,6,8-10,15,19,21H,5,7,11-12H2,1-2H3,(H,27,31)(H2,28,29,33)/t15-,19+,21-/m0/s1. The van der Waals surface area contributed by atoms with Crippen LogP contribution in [0.2, 0.25) is 0 Å². The number of hydrogen-bond donors (Lipinski definition) is 3. The highest BCUT2D eigenvalue weighted by Crippen LogP contribution is 2.32. The molecule has 11 heteroatoms. The summed E-state index contributed by atoms with van der Waals surface area (Å²) >= 11 is 0. The van der Waals surface area contributed by atoms with Crippen molar-refractivity contribution >= 4 is 29.2 Å². The van der Waals surface area contributed by atoms with Crippen LogP contribution >= 0.6 is 0 Å². The molecule has 4 amide bonds. The summed E-state index contributed by atoms with van der Waals surface area (Å²) < 4.78 is 38.4. The summed E-state index contributed by atoms with van der Waals surface area (Å²) in [5, 5.41) is 7.58. The predicted octanol–water partition coefficient (Wildman–Crippen LogP) is 3.13. The molecule has 4 rings (SSSR count). The van der Waals surface area contributed by atoms with Gasteiger partial charge in [-0.25, -0.2) is 13.6 Å². The maximum absolute atomic E-state index is 13.4. The van der Waals surface area contributed by atoms with Crippen LogP contribution in [0.3, 0.4) is 0 Å². The van der Waals surface area contributed by atoms with Gasteiger partial charge in [0.1, 0.15) is 18.5 Å². The van der Waals surface area contributed by atoms with E-state index < -0.39 is 17.7 Å². The fourth-order valence-electron chi connectivity index (χ4n) is 4.28. The van der Waals surface area contributed by atoms with Crippen molar-refractivity contribution in [3.8, 4) is 5.75 Å². The summed E-state index contributed by atoms with van der Waals surface area (Å²) in [5.74, 6) is -2.17. The summed E-state index contributed by atoms with van der Waals surface area (Å²) in [4.78, 5) is 38.9. The van der Waals surface area contributed by atoms with Gasteiger partial charge >= 0.3 is 6.03 Å². The molecule has 3 atom stereocenters. The van der Waals surface area contributed by atoms with Crippen molar-refractivity contribution < 1.29 is 32.6 Å². The van der Waals surface area contributed by atoms with Gasteiger partial charge in [-0.3, -0.25) is 9.59 Å². The van der Waals surface area contributed by atoms with E-state index in [2.05, 4.69) is 16.0 Å². The number of hydrogen-bond acceptors (Lipinski definition) is 5. The number of urea groups is 1. The van der Waals surface area contributed by atoms with E-state index in [9.17, 15) is 23.2 Å². The smallest absolute Gasteiger partial charge is 0.323 e. The molecule has 9 nitrogen and oxygen atoms in total. The van der Waals surface area contributed by atoms with Gasteiger partial charge in [0, 0.05) is 31.5 Å². The number of nitrogens with one attached hydrogen (secondary N) is 3. The lowest BCUT2D eigenvalue weighted by atomic mass is 9.94. The van der Waals surface area contributed by atoms with Gasteiger partial charge in [0.2, 0.25) is 5.91 Å². The van der Waals surface area contributed by atoms with Crippen molar-refractivity contribution in [1.82, 2.24) is 10.2 Å². The molecule has 3 N–H and O–H groups in total. The lowest BCUT2D eigenvalue weighted by Crippen LogP contribution is -2.53. The van der Waals surface area contributed by atoms with Crippen molar-refractivity contribution in [2.45, 2.75) is 37.5 Å². The van der Waals surface area contributed by atoms with Crippen molar-refractivity contribution in [2.75, 3.05) is 31.3 Å². The average molecular weight is 488 g/mol. The zero-order valence-corrected chi connectivity index (χ0v) is 19.3. The number of ether oxygens (including phenoxy) is 2. The SMILES string of the molecule is CNC(=O)C[C@@H]1CC[C@@H]2[C@H](COc3ccc(NC(=O)Nc4ccc(F)c(F)c4)cc3C(=O)N2C)O1. The number of benzene rings is 2. The Hall–Kier alpha value is -3.73. The Bertz CT molecular complexity index is 1140. The first-order chi connectivity index (χ1) is 16.7. The van der Waals surface area contributed by atoms with Gasteiger partial charge < -0.3 is 30.3 Å². The normalized spacial score (nSPS) is 21.5. The van der Waals surface area contributed by atoms with E-state index in [0.29, 0.717) is 24.3 Å². The Balaban J connectivity index is 1.46. The van der Waals surface area contributed by atoms with Crippen LogP contribution in [0.25, 0.3) is 0 Å². The number of carbonyl (C=O) groups excluding carboxylic acids is 3. The van der Waals surface area contributed by atoms with E-state index in [1.807, 2.05) is 0 Å². The fourth-order valence-corrected chi connectivity index (χ4v) is 4.28. The molecule has 2 heterocycles. The van der Waals surface area contributed by atoms with Crippen LogP contribution in [0, 0.1) is 11.6 Å². The molecule has 2 aromatic rings. The molecular formula is C24H26F2N4O5. The summed E-state index contributed by atoms with van der Waals surface area (Å²) in [6, 6.07) is 6.71. The van der Waals surface area contributed by atoms with Crippen molar-refractivity contribution in [2.24, 2.45) is 0 Å². The van der Waals surface area contributed by atoms with E-state index in [1.54, 1.807) is 31.1 Å². The number of likely N-dealkylation sites (N-methyl/N-ethyl adjacent to an activating group) is 1. The number of carbonyl (C=O) groups is 3. The minimum atomic E-state index is -1.08. The second kappa shape index (κ2) is 10.3. The number of fused-ring (bicyclic) bond motifs is 2. The quantitative estimate of drug-likeness (QED) is 0.613. The van der Waals surface area contributed by atoms with Gasteiger partial charge in [-0.05, 0) is 43.2 Å². The van der Waals surface area contributed by atoms with E-state index in [1.165, 1.54) is 12.1 Å². The van der Waals surface area contributed by atoms with Crippen molar-refractivity contribution in [3.63, 3.8) is 0 Å². The van der Waals surface area contributed by atoms with Gasteiger partial charge in [-0.2, -0.15) is 0 Å². The Morgan fingerprint density at radius 1 is 1.06 bits per heavy atom. The van der Waals surface area contributed by atoms with Gasteiger partial charge in [-0.1, -0.05) is 0 Å². The fraction of sp³-hybridized carbons (Fsp3) is 0.375. The number of anilines is 2. The molecular weight excluding hydrogens is 462 g/mol. The largest absolute Gasteiger partial charge is 0.490 e. The zero-order chi connectivity index (χ0) is 25.1. The van der Waals surface area contributed by atoms with Crippen LogP contribution in [-0.4, -0.2) is 61.7 Å². The van der Waals surface area contributed by atoms with Crippen molar-refractivity contribution in [3.05, 3.63) is 53.6 Å². The molecule has 186 valence electrons. The van der Waals surface area contributed by atoms with Crippen LogP contribution < -0.4 is 20.7 Å². The topological polar surface area (TPSA) is 109 Å². The highest BCUT2D eigenvalue weighted by Gasteiger charge is 2.39. The molecule has 0 aromatic heterocycles. The zero-order valence-electron chi connectivity index (χ0n) is 19.3. The lowest BCUT2D eigenvalue weighted by molar-refractivity contribution is -0.133. The Morgan fingerprint density at radius 2 is 1.77 bits per heavy atom. The van der Waals surface area contributed by atoms with Crippen molar-refractivity contribution in [1.29, 1.82) is 0 Å². The van der Waals surface area contributed by atoms with Gasteiger partial charge in [-0.15, -0.1) is 0 Å². The third kappa shape index (κ3) is 5.51. The van der Waals surface area contributed by atoms with Gasteiger partial charge in [0.25, 0.3) is 5.91 Å². The molecule has 0 spiro atoms. The minimum absolute atomic E-state index is 0.0739. The first-order valence-electron chi connectivity index (χ1n) is 11.2. The number of halogens is 2. The molecule has 1 saturated heterocycles. The van der Waals surface area contributed by atoms with Crippen LogP contribution in [0.5, 0.6) is 5.75 Å². The summed E-state index contributed by atoms with van der Waals surface area (Å²) in [6.07, 6.45) is 0.893. The molecule has 0 unspecified atom stereocenters. The average Bonchev–Trinajstić information content (AvgIpc) is 2.84. The van der Waals surface area contributed by atoms with Crippen LogP contribution in [-0.2, 0) is 9.53 Å². The van der Waals surface area contributed by atoms with Gasteiger partial charge in [0.05, 0.1) is 24.1 Å². The van der Waals surface area contributed by atoms with Crippen LogP contribution in [0.1, 0.15) is 29.6 Å². The highest BCUT2D eigenvalue weighted by molar-refractivity contribution is 6.02. The Morgan fingerprint density at radius 3 is 2.49 bits per heavy atom. The van der Waals surface area contributed by atoms with E-state index in [0.717, 1.165) is 12.1 Å². The molecule has 0 radical (unpaired) electrons. The molecule has 0 saturated carbocycles. The molecule has 2 aliphatic heterocycles. The predicted molar refractivity (Wildman–Crippen MR) is 123 cm³/mol. The maximum atomic E-state index is 13.4. The molecule has 35 heavy (non-hydrogen) atoms. The molecule has 2 aliphatic rings. The highest BCUT2D eigenvalue weighted by atomic mass is 19.2. The van der Waals surface area contributed by atoms with Gasteiger partial charge in [0.15, 0.2) is 11.6 Å². The lowest BCUT2D eigenvalue weighted by Gasteiger charge is -2.42. The van der Waals surface area contributed by atoms with Crippen LogP contribution in [0.4, 0.5) is 25.0 Å². The molecule has 1 fully saturated rings. The third-order valence-corrected chi connectivity index (χ3v) is 6.14. The molecule has 2 aromatic carbocycles. The Kier molecular flexibility index (Phi) is 7.15. The van der Waals surface area contributed by atoms with E-state index in [-0.39, 0.29) is 54.3 Å². The first-order valence-corrected chi connectivity index (χ1v) is 11.2. The van der Waals surface area contributed by atoms with E-state index in [4.69, 9.17) is 9.47 Å². The Labute approximate surface area is 200 Å².